The number of rotatable bonds is 6. The van der Waals surface area contributed by atoms with Crippen molar-refractivity contribution in [3.8, 4) is 17.0 Å². The van der Waals surface area contributed by atoms with Gasteiger partial charge >= 0.3 is 12.1 Å². The van der Waals surface area contributed by atoms with Crippen LogP contribution in [0.1, 0.15) is 27.6 Å². The van der Waals surface area contributed by atoms with Crippen molar-refractivity contribution in [1.82, 2.24) is 5.16 Å². The molecule has 0 radical (unpaired) electrons. The Labute approximate surface area is 192 Å². The molecule has 3 aromatic rings. The summed E-state index contributed by atoms with van der Waals surface area (Å²) < 4.78 is 19.6. The van der Waals surface area contributed by atoms with Crippen molar-refractivity contribution in [2.45, 2.75) is 6.92 Å². The number of hydrogen-bond acceptors (Lipinski definition) is 8. The van der Waals surface area contributed by atoms with Gasteiger partial charge in [-0.25, -0.2) is 9.59 Å². The molecule has 0 bridgehead atoms. The summed E-state index contributed by atoms with van der Waals surface area (Å²) in [6.07, 6.45) is -0.861. The molecule has 1 heterocycles. The third-order valence-corrected chi connectivity index (χ3v) is 4.72. The van der Waals surface area contributed by atoms with E-state index in [1.54, 1.807) is 25.1 Å². The summed E-state index contributed by atoms with van der Waals surface area (Å²) >= 11 is 12.4. The first kappa shape index (κ1) is 23.1. The van der Waals surface area contributed by atoms with Crippen LogP contribution in [0.3, 0.4) is 0 Å². The summed E-state index contributed by atoms with van der Waals surface area (Å²) in [6.45, 7) is 1.81. The maximum atomic E-state index is 12.7. The third-order valence-electron chi connectivity index (χ3n) is 4.09. The van der Waals surface area contributed by atoms with Gasteiger partial charge in [0, 0.05) is 11.1 Å². The van der Waals surface area contributed by atoms with E-state index in [2.05, 4.69) is 15.2 Å². The van der Waals surface area contributed by atoms with Gasteiger partial charge in [0.05, 0.1) is 23.8 Å². The molecule has 0 saturated heterocycles. The molecule has 0 saturated carbocycles. The molecule has 32 heavy (non-hydrogen) atoms. The van der Waals surface area contributed by atoms with Crippen LogP contribution in [0.5, 0.6) is 5.75 Å². The lowest BCUT2D eigenvalue weighted by atomic mass is 10.1. The van der Waals surface area contributed by atoms with E-state index in [-0.39, 0.29) is 50.7 Å². The van der Waals surface area contributed by atoms with Crippen LogP contribution in [0, 0.1) is 0 Å². The van der Waals surface area contributed by atoms with E-state index in [0.29, 0.717) is 0 Å². The fourth-order valence-corrected chi connectivity index (χ4v) is 3.23. The van der Waals surface area contributed by atoms with E-state index in [4.69, 9.17) is 37.2 Å². The molecule has 3 rings (SSSR count). The number of anilines is 1. The molecule has 1 N–H and O–H groups in total. The van der Waals surface area contributed by atoms with Crippen LogP contribution in [-0.4, -0.2) is 36.9 Å². The molecule has 9 nitrogen and oxygen atoms in total. The van der Waals surface area contributed by atoms with Gasteiger partial charge in [0.15, 0.2) is 5.56 Å². The molecule has 1 amide bonds. The highest BCUT2D eigenvalue weighted by atomic mass is 35.5. The van der Waals surface area contributed by atoms with Gasteiger partial charge in [-0.1, -0.05) is 34.4 Å². The minimum atomic E-state index is -0.861. The Balaban J connectivity index is 1.87. The second-order valence-electron chi connectivity index (χ2n) is 6.09. The van der Waals surface area contributed by atoms with Gasteiger partial charge in [-0.3, -0.25) is 10.1 Å². The average molecular weight is 479 g/mol. The number of esters is 1. The minimum absolute atomic E-state index is 0.0148. The quantitative estimate of drug-likeness (QED) is 0.378. The summed E-state index contributed by atoms with van der Waals surface area (Å²) in [6, 6.07) is 10.4. The zero-order valence-corrected chi connectivity index (χ0v) is 18.3. The highest BCUT2D eigenvalue weighted by molar-refractivity contribution is 6.39. The molecule has 0 spiro atoms. The second kappa shape index (κ2) is 10.2. The van der Waals surface area contributed by atoms with E-state index in [0.717, 1.165) is 0 Å². The van der Waals surface area contributed by atoms with E-state index in [9.17, 15) is 14.4 Å². The molecule has 0 aliphatic rings. The van der Waals surface area contributed by atoms with E-state index in [1.165, 1.54) is 31.4 Å². The predicted octanol–water partition coefficient (Wildman–Crippen LogP) is 5.22. The van der Waals surface area contributed by atoms with Crippen LogP contribution in [-0.2, 0) is 9.47 Å². The first-order chi connectivity index (χ1) is 15.3. The largest absolute Gasteiger partial charge is 0.513 e. The van der Waals surface area contributed by atoms with Crippen LogP contribution >= 0.6 is 23.2 Å². The lowest BCUT2D eigenvalue weighted by molar-refractivity contribution is 0.0602. The first-order valence-corrected chi connectivity index (χ1v) is 9.89. The molecular formula is C21H16Cl2N2O7. The molecule has 0 unspecified atom stereocenters. The van der Waals surface area contributed by atoms with Crippen molar-refractivity contribution < 1.29 is 33.1 Å². The maximum Gasteiger partial charge on any atom is 0.513 e. The molecule has 0 fully saturated rings. The number of nitrogens with zero attached hydrogens (tertiary/aromatic N) is 1. The van der Waals surface area contributed by atoms with Gasteiger partial charge in [0.1, 0.15) is 11.4 Å². The van der Waals surface area contributed by atoms with Crippen LogP contribution in [0.4, 0.5) is 10.7 Å². The van der Waals surface area contributed by atoms with Crippen LogP contribution in [0.25, 0.3) is 11.3 Å². The van der Waals surface area contributed by atoms with Gasteiger partial charge in [-0.05, 0) is 43.3 Å². The Morgan fingerprint density at radius 2 is 1.72 bits per heavy atom. The number of nitrogens with one attached hydrogen (secondary N) is 1. The number of hydrogen-bond donors (Lipinski definition) is 1. The first-order valence-electron chi connectivity index (χ1n) is 9.14. The zero-order valence-electron chi connectivity index (χ0n) is 16.8. The number of ether oxygens (including phenoxy) is 3. The molecule has 0 aliphatic carbocycles. The number of halogens is 2. The highest BCUT2D eigenvalue weighted by Crippen LogP contribution is 2.38. The standard InChI is InChI=1S/C21H16Cl2N2O7/c1-3-30-21(28)31-12-9-7-11(8-10-12)18(26)24-19-16(20(27)29-2)17(25-32-19)15-13(22)5-4-6-14(15)23/h4-10H,3H2,1-2H3,(H,24,26). The molecular weight excluding hydrogens is 463 g/mol. The van der Waals surface area contributed by atoms with Gasteiger partial charge in [-0.2, -0.15) is 0 Å². The van der Waals surface area contributed by atoms with Crippen molar-refractivity contribution in [3.63, 3.8) is 0 Å². The average Bonchev–Trinajstić information content (AvgIpc) is 3.16. The number of carbonyl (C=O) groups is 3. The maximum absolute atomic E-state index is 12.7. The lowest BCUT2D eigenvalue weighted by Crippen LogP contribution is -2.15. The van der Waals surface area contributed by atoms with Gasteiger partial charge in [0.25, 0.3) is 5.91 Å². The fourth-order valence-electron chi connectivity index (χ4n) is 2.65. The Hall–Kier alpha value is -3.56. The predicted molar refractivity (Wildman–Crippen MR) is 115 cm³/mol. The third kappa shape index (κ3) is 5.01. The summed E-state index contributed by atoms with van der Waals surface area (Å²) in [7, 11) is 1.17. The van der Waals surface area contributed by atoms with Crippen molar-refractivity contribution in [1.29, 1.82) is 0 Å². The second-order valence-corrected chi connectivity index (χ2v) is 6.90. The minimum Gasteiger partial charge on any atom is -0.465 e. The fraction of sp³-hybridized carbons (Fsp3) is 0.143. The van der Waals surface area contributed by atoms with Gasteiger partial charge < -0.3 is 18.7 Å². The molecule has 0 atom stereocenters. The van der Waals surface area contributed by atoms with Crippen LogP contribution in [0.2, 0.25) is 10.0 Å². The van der Waals surface area contributed by atoms with E-state index < -0.39 is 18.0 Å². The van der Waals surface area contributed by atoms with Crippen molar-refractivity contribution in [2.24, 2.45) is 0 Å². The van der Waals surface area contributed by atoms with Crippen molar-refractivity contribution >= 4 is 47.1 Å². The zero-order chi connectivity index (χ0) is 23.3. The van der Waals surface area contributed by atoms with Crippen LogP contribution in [0.15, 0.2) is 47.0 Å². The Morgan fingerprint density at radius 1 is 1.06 bits per heavy atom. The van der Waals surface area contributed by atoms with E-state index in [1.807, 2.05) is 0 Å². The molecule has 166 valence electrons. The number of carbonyl (C=O) groups excluding carboxylic acids is 3. The Kier molecular flexibility index (Phi) is 7.34. The Morgan fingerprint density at radius 3 is 2.31 bits per heavy atom. The molecule has 11 heteroatoms. The van der Waals surface area contributed by atoms with Crippen molar-refractivity contribution in [3.05, 3.63) is 63.6 Å². The van der Waals surface area contributed by atoms with Crippen LogP contribution < -0.4 is 10.1 Å². The molecule has 0 aliphatic heterocycles. The summed E-state index contributed by atoms with van der Waals surface area (Å²) in [4.78, 5) is 36.4. The monoisotopic (exact) mass is 478 g/mol. The van der Waals surface area contributed by atoms with Gasteiger partial charge in [-0.15, -0.1) is 0 Å². The lowest BCUT2D eigenvalue weighted by Gasteiger charge is -2.07. The number of aromatic nitrogens is 1. The number of methoxy groups -OCH3 is 1. The summed E-state index contributed by atoms with van der Waals surface area (Å²) in [5, 5.41) is 6.78. The topological polar surface area (TPSA) is 117 Å². The summed E-state index contributed by atoms with van der Waals surface area (Å²) in [5.41, 5.74) is 0.297. The van der Waals surface area contributed by atoms with Crippen molar-refractivity contribution in [2.75, 3.05) is 19.0 Å². The smallest absolute Gasteiger partial charge is 0.465 e. The SMILES string of the molecule is CCOC(=O)Oc1ccc(C(=O)Nc2onc(-c3c(Cl)cccc3Cl)c2C(=O)OC)cc1. The Bertz CT molecular complexity index is 1140. The number of amides is 1. The molecule has 1 aromatic heterocycles. The molecule has 2 aromatic carbocycles. The van der Waals surface area contributed by atoms with E-state index >= 15 is 0 Å². The normalized spacial score (nSPS) is 10.4. The number of benzene rings is 2. The van der Waals surface area contributed by atoms with Gasteiger partial charge in [0.2, 0.25) is 5.88 Å². The highest BCUT2D eigenvalue weighted by Gasteiger charge is 2.29. The summed E-state index contributed by atoms with van der Waals surface area (Å²) in [5.74, 6) is -1.50.